The second-order valence-electron chi connectivity index (χ2n) is 16.2. The summed E-state index contributed by atoms with van der Waals surface area (Å²) in [5, 5.41) is 0. The lowest BCUT2D eigenvalue weighted by Crippen LogP contribution is -2.59. The molecule has 2 nitrogen and oxygen atoms in total. The van der Waals surface area contributed by atoms with E-state index in [1.54, 1.807) is 0 Å². The summed E-state index contributed by atoms with van der Waals surface area (Å²) in [7, 11) is -2.01. The Labute approximate surface area is 238 Å². The van der Waals surface area contributed by atoms with Gasteiger partial charge >= 0.3 is 8.61 Å². The Morgan fingerprint density at radius 1 is 0.763 bits per heavy atom. The Balaban J connectivity index is 1.43. The maximum Gasteiger partial charge on any atom is 0.304 e. The van der Waals surface area contributed by atoms with Gasteiger partial charge in [0, 0.05) is 12.1 Å². The first kappa shape index (κ1) is 31.2. The first-order chi connectivity index (χ1) is 17.7. The molecule has 10 atom stereocenters. The van der Waals surface area contributed by atoms with E-state index in [4.69, 9.17) is 4.52 Å². The molecule has 4 unspecified atom stereocenters. The average Bonchev–Trinajstić information content (AvgIpc) is 3.17. The fourth-order valence-corrected chi connectivity index (χ4v) is 12.4. The summed E-state index contributed by atoms with van der Waals surface area (Å²) in [4.78, 5) is 0. The number of halogens is 1. The summed E-state index contributed by atoms with van der Waals surface area (Å²) in [6, 6.07) is 0.361. The minimum absolute atomic E-state index is 0.102. The number of rotatable bonds is 10. The van der Waals surface area contributed by atoms with Crippen molar-refractivity contribution in [3.8, 4) is 0 Å². The van der Waals surface area contributed by atoms with Gasteiger partial charge in [-0.3, -0.25) is 0 Å². The monoisotopic (exact) mass is 551 g/mol. The molecule has 0 heterocycles. The van der Waals surface area contributed by atoms with Crippen LogP contribution in [0.25, 0.3) is 0 Å². The molecule has 4 aliphatic carbocycles. The summed E-state index contributed by atoms with van der Waals surface area (Å²) in [5.41, 5.74) is 1.42. The third-order valence-electron chi connectivity index (χ3n) is 12.9. The molecule has 0 aromatic carbocycles. The minimum Gasteiger partial charge on any atom is -0.315 e. The molecule has 4 fully saturated rings. The van der Waals surface area contributed by atoms with E-state index in [1.807, 2.05) is 4.67 Å². The van der Waals surface area contributed by atoms with Crippen molar-refractivity contribution in [2.45, 2.75) is 164 Å². The molecular weight excluding hydrogens is 488 g/mol. The molecule has 0 N–H and O–H groups in total. The topological polar surface area (TPSA) is 12.5 Å². The lowest BCUT2D eigenvalue weighted by atomic mass is 9.39. The van der Waals surface area contributed by atoms with Crippen molar-refractivity contribution in [3.05, 3.63) is 0 Å². The Morgan fingerprint density at radius 2 is 1.37 bits per heavy atom. The Kier molecular flexibility index (Phi) is 9.76. The fraction of sp³-hybridized carbons (Fsp3) is 1.00. The summed E-state index contributed by atoms with van der Waals surface area (Å²) >= 11 is 0. The molecular formula is C34H63FNOP. The van der Waals surface area contributed by atoms with Crippen LogP contribution < -0.4 is 0 Å². The van der Waals surface area contributed by atoms with Crippen molar-refractivity contribution < 1.29 is 8.72 Å². The maximum atomic E-state index is 15.4. The van der Waals surface area contributed by atoms with Crippen molar-refractivity contribution in [2.24, 2.45) is 51.8 Å². The Morgan fingerprint density at radius 3 is 2.00 bits per heavy atom. The summed E-state index contributed by atoms with van der Waals surface area (Å²) in [5.74, 6) is 5.04. The molecule has 0 saturated heterocycles. The van der Waals surface area contributed by atoms with Gasteiger partial charge in [-0.2, -0.15) is 4.20 Å². The molecule has 222 valence electrons. The molecule has 0 aromatic rings. The van der Waals surface area contributed by atoms with E-state index in [1.165, 1.54) is 64.2 Å². The van der Waals surface area contributed by atoms with E-state index in [2.05, 4.69) is 69.2 Å². The van der Waals surface area contributed by atoms with Gasteiger partial charge in [0.2, 0.25) is 0 Å². The molecule has 0 spiro atoms. The SMILES string of the molecule is CC(C)CCC[C@@H](C)[C@H]1CCC2[C@]3(C)CCC4C[C@@H](OP(F)N(C(C)C)C(C)C)CC[C@]4(C)C3CC[C@@]21C. The molecule has 4 heteroatoms. The van der Waals surface area contributed by atoms with Crippen molar-refractivity contribution in [1.29, 1.82) is 0 Å². The van der Waals surface area contributed by atoms with Crippen LogP contribution in [0.3, 0.4) is 0 Å². The van der Waals surface area contributed by atoms with Crippen LogP contribution in [-0.4, -0.2) is 22.9 Å². The highest BCUT2D eigenvalue weighted by Crippen LogP contribution is 2.73. The molecule has 0 aromatic heterocycles. The fourth-order valence-electron chi connectivity index (χ4n) is 11.2. The quantitative estimate of drug-likeness (QED) is 0.250. The normalized spacial score (nSPS) is 42.9. The highest BCUT2D eigenvalue weighted by Gasteiger charge is 2.65. The van der Waals surface area contributed by atoms with Gasteiger partial charge in [0.15, 0.2) is 0 Å². The lowest BCUT2D eigenvalue weighted by molar-refractivity contribution is -0.174. The number of fused-ring (bicyclic) bond motifs is 5. The summed E-state index contributed by atoms with van der Waals surface area (Å²) in [6.07, 6.45) is 16.2. The summed E-state index contributed by atoms with van der Waals surface area (Å²) < 4.78 is 23.6. The zero-order valence-corrected chi connectivity index (χ0v) is 27.8. The predicted octanol–water partition coefficient (Wildman–Crippen LogP) is 11.2. The number of hydrogen-bond donors (Lipinski definition) is 0. The van der Waals surface area contributed by atoms with E-state index in [9.17, 15) is 0 Å². The predicted molar refractivity (Wildman–Crippen MR) is 163 cm³/mol. The van der Waals surface area contributed by atoms with Crippen LogP contribution >= 0.6 is 8.61 Å². The van der Waals surface area contributed by atoms with Gasteiger partial charge in [-0.15, -0.1) is 0 Å². The first-order valence-electron chi connectivity index (χ1n) is 16.6. The third kappa shape index (κ3) is 5.67. The summed E-state index contributed by atoms with van der Waals surface area (Å²) in [6.45, 7) is 23.8. The highest BCUT2D eigenvalue weighted by atomic mass is 31.2. The van der Waals surface area contributed by atoms with Gasteiger partial charge in [0.25, 0.3) is 0 Å². The molecule has 4 saturated carbocycles. The van der Waals surface area contributed by atoms with Crippen molar-refractivity contribution >= 4 is 8.61 Å². The minimum atomic E-state index is -2.01. The maximum absolute atomic E-state index is 15.4. The smallest absolute Gasteiger partial charge is 0.304 e. The van der Waals surface area contributed by atoms with E-state index < -0.39 is 8.61 Å². The Hall–Kier alpha value is 0.280. The van der Waals surface area contributed by atoms with Crippen LogP contribution in [-0.2, 0) is 4.52 Å². The van der Waals surface area contributed by atoms with Crippen LogP contribution in [0.2, 0.25) is 0 Å². The van der Waals surface area contributed by atoms with E-state index in [0.717, 1.165) is 42.4 Å². The third-order valence-corrected chi connectivity index (χ3v) is 14.6. The molecule has 0 amide bonds. The van der Waals surface area contributed by atoms with E-state index in [-0.39, 0.29) is 18.2 Å². The Bertz CT molecular complexity index is 780. The zero-order valence-electron chi connectivity index (χ0n) is 26.9. The number of hydrogen-bond acceptors (Lipinski definition) is 2. The number of nitrogens with zero attached hydrogens (tertiary/aromatic N) is 1. The molecule has 38 heavy (non-hydrogen) atoms. The lowest BCUT2D eigenvalue weighted by Gasteiger charge is -2.66. The molecule has 0 radical (unpaired) electrons. The van der Waals surface area contributed by atoms with Crippen LogP contribution in [0.5, 0.6) is 0 Å². The molecule has 4 aliphatic rings. The van der Waals surface area contributed by atoms with Gasteiger partial charge in [-0.05, 0) is 137 Å². The average molecular weight is 552 g/mol. The van der Waals surface area contributed by atoms with Gasteiger partial charge in [-0.25, -0.2) is 4.67 Å². The van der Waals surface area contributed by atoms with Gasteiger partial charge < -0.3 is 4.52 Å². The second kappa shape index (κ2) is 11.9. The van der Waals surface area contributed by atoms with Crippen LogP contribution in [0.1, 0.15) is 146 Å². The van der Waals surface area contributed by atoms with Crippen LogP contribution in [0.15, 0.2) is 0 Å². The van der Waals surface area contributed by atoms with Crippen molar-refractivity contribution in [3.63, 3.8) is 0 Å². The van der Waals surface area contributed by atoms with Crippen molar-refractivity contribution in [1.82, 2.24) is 4.67 Å². The second-order valence-corrected chi connectivity index (χ2v) is 17.3. The van der Waals surface area contributed by atoms with E-state index in [0.29, 0.717) is 22.2 Å². The molecule has 0 aliphatic heterocycles. The van der Waals surface area contributed by atoms with Crippen molar-refractivity contribution in [2.75, 3.05) is 0 Å². The molecule has 4 rings (SSSR count). The largest absolute Gasteiger partial charge is 0.315 e. The first-order valence-corrected chi connectivity index (χ1v) is 17.7. The van der Waals surface area contributed by atoms with Crippen LogP contribution in [0.4, 0.5) is 4.20 Å². The molecule has 0 bridgehead atoms. The van der Waals surface area contributed by atoms with Gasteiger partial charge in [0.05, 0.1) is 6.10 Å². The standard InChI is InChI=1S/C34H63FNOP/c1-23(2)12-11-13-26(7)29-14-15-30-33(29,9)21-18-31-32(8)20-17-28(22-27(32)16-19-34(30,31)10)37-38(35)36(24(3)4)25(5)6/h23-31H,11-22H2,1-10H3/t26-,27?,28+,29-,30?,31?,32+,33-,34+,38?/m1/s1. The van der Waals surface area contributed by atoms with E-state index >= 15 is 4.20 Å². The zero-order chi connectivity index (χ0) is 28.0. The van der Waals surface area contributed by atoms with Crippen LogP contribution in [0, 0.1) is 51.8 Å². The van der Waals surface area contributed by atoms with Gasteiger partial charge in [-0.1, -0.05) is 60.8 Å². The van der Waals surface area contributed by atoms with Gasteiger partial charge in [0.1, 0.15) is 0 Å². The highest BCUT2D eigenvalue weighted by molar-refractivity contribution is 7.44.